The van der Waals surface area contributed by atoms with Gasteiger partial charge in [-0.15, -0.1) is 0 Å². The Morgan fingerprint density at radius 1 is 1.02 bits per heavy atom. The molecule has 6 heterocycles. The van der Waals surface area contributed by atoms with Gasteiger partial charge in [-0.25, -0.2) is 4.98 Å². The zero-order chi connectivity index (χ0) is 28.4. The summed E-state index contributed by atoms with van der Waals surface area (Å²) in [7, 11) is 2.21. The summed E-state index contributed by atoms with van der Waals surface area (Å²) in [5.41, 5.74) is 4.43. The van der Waals surface area contributed by atoms with Gasteiger partial charge in [0.1, 0.15) is 11.6 Å². The molecule has 0 unspecified atom stereocenters. The van der Waals surface area contributed by atoms with Crippen LogP contribution in [0.25, 0.3) is 22.2 Å². The zero-order valence-electron chi connectivity index (χ0n) is 24.0. The molecule has 0 atom stereocenters. The third kappa shape index (κ3) is 4.25. The van der Waals surface area contributed by atoms with E-state index in [1.807, 2.05) is 17.2 Å². The number of hydrogen-bond donors (Lipinski definition) is 1. The highest BCUT2D eigenvalue weighted by Gasteiger charge is 2.50. The second kappa shape index (κ2) is 9.55. The molecule has 10 nitrogen and oxygen atoms in total. The van der Waals surface area contributed by atoms with E-state index in [1.165, 1.54) is 18.9 Å². The number of anilines is 2. The minimum atomic E-state index is -0.0149. The Morgan fingerprint density at radius 2 is 1.73 bits per heavy atom. The van der Waals surface area contributed by atoms with Crippen molar-refractivity contribution >= 4 is 28.6 Å². The van der Waals surface area contributed by atoms with Crippen molar-refractivity contribution in [2.45, 2.75) is 32.6 Å². The van der Waals surface area contributed by atoms with Gasteiger partial charge in [0.25, 0.3) is 0 Å². The predicted molar refractivity (Wildman–Crippen MR) is 159 cm³/mol. The standard InChI is InChI=1S/C31H37N9O/c1-4-25(41)40-19-31(20-40)10-13-38(18-31)28-22(15-32)27(26-21(2)5-6-24-23(26)16-33-36-24)34-29(35-28)39-14-9-30(17-39)7-11-37(3)12-8-30/h4-6,16H,1,7-14,17-20H2,2-3H3,(H,33,36). The molecule has 212 valence electrons. The number of amides is 1. The molecule has 3 aromatic rings. The lowest BCUT2D eigenvalue weighted by Crippen LogP contribution is -2.59. The second-order valence-electron chi connectivity index (χ2n) is 12.8. The molecule has 1 aromatic carbocycles. The van der Waals surface area contributed by atoms with E-state index >= 15 is 0 Å². The van der Waals surface area contributed by atoms with E-state index in [1.54, 1.807) is 0 Å². The number of nitriles is 1. The first-order chi connectivity index (χ1) is 19.8. The lowest BCUT2D eigenvalue weighted by Gasteiger charge is -2.47. The highest BCUT2D eigenvalue weighted by Crippen LogP contribution is 2.45. The third-order valence-corrected chi connectivity index (χ3v) is 10.1. The maximum atomic E-state index is 12.2. The van der Waals surface area contributed by atoms with Crippen LogP contribution in [0.3, 0.4) is 0 Å². The van der Waals surface area contributed by atoms with Gasteiger partial charge in [-0.2, -0.15) is 15.3 Å². The first kappa shape index (κ1) is 26.0. The number of benzene rings is 1. The van der Waals surface area contributed by atoms with Crippen molar-refractivity contribution in [3.63, 3.8) is 0 Å². The van der Waals surface area contributed by atoms with Crippen LogP contribution in [0.2, 0.25) is 0 Å². The Bertz CT molecular complexity index is 1570. The second-order valence-corrected chi connectivity index (χ2v) is 12.8. The van der Waals surface area contributed by atoms with E-state index in [4.69, 9.17) is 9.97 Å². The first-order valence-corrected chi connectivity index (χ1v) is 14.7. The number of piperidine rings is 1. The summed E-state index contributed by atoms with van der Waals surface area (Å²) < 4.78 is 0. The van der Waals surface area contributed by atoms with Crippen molar-refractivity contribution < 1.29 is 4.79 Å². The lowest BCUT2D eigenvalue weighted by atomic mass is 9.78. The number of likely N-dealkylation sites (tertiary alicyclic amines) is 2. The first-order valence-electron chi connectivity index (χ1n) is 14.7. The number of rotatable bonds is 4. The molecule has 0 saturated carbocycles. The van der Waals surface area contributed by atoms with Gasteiger partial charge in [0.05, 0.1) is 17.4 Å². The molecule has 2 spiro atoms. The molecular formula is C31H37N9O. The number of aromatic amines is 1. The van der Waals surface area contributed by atoms with Gasteiger partial charge >= 0.3 is 0 Å². The molecule has 4 saturated heterocycles. The van der Waals surface area contributed by atoms with Gasteiger partial charge in [-0.05, 0) is 75.9 Å². The SMILES string of the molecule is C=CC(=O)N1CC2(CCN(c3nc(N4CCC5(CCN(C)CC5)C4)nc(-c4c(C)ccc5[nH]ncc45)c3C#N)C2)C1. The van der Waals surface area contributed by atoms with Crippen LogP contribution in [-0.4, -0.2) is 95.3 Å². The van der Waals surface area contributed by atoms with Crippen LogP contribution in [0.5, 0.6) is 0 Å². The van der Waals surface area contributed by atoms with E-state index < -0.39 is 0 Å². The summed E-state index contributed by atoms with van der Waals surface area (Å²) in [5.74, 6) is 1.41. The largest absolute Gasteiger partial charge is 0.355 e. The van der Waals surface area contributed by atoms with Gasteiger partial charge in [0.15, 0.2) is 5.82 Å². The molecule has 7 rings (SSSR count). The smallest absolute Gasteiger partial charge is 0.245 e. The molecule has 0 aliphatic carbocycles. The minimum absolute atomic E-state index is 0.0149. The number of aryl methyl sites for hydroxylation is 1. The van der Waals surface area contributed by atoms with Crippen molar-refractivity contribution in [2.24, 2.45) is 10.8 Å². The van der Waals surface area contributed by atoms with E-state index in [9.17, 15) is 10.1 Å². The van der Waals surface area contributed by atoms with Crippen molar-refractivity contribution in [1.29, 1.82) is 5.26 Å². The molecule has 41 heavy (non-hydrogen) atoms. The Morgan fingerprint density at radius 3 is 2.49 bits per heavy atom. The van der Waals surface area contributed by atoms with Crippen LogP contribution in [-0.2, 0) is 4.79 Å². The Balaban J connectivity index is 1.30. The summed E-state index contributed by atoms with van der Waals surface area (Å²) in [6.07, 6.45) is 7.71. The van der Waals surface area contributed by atoms with Crippen LogP contribution in [0.1, 0.15) is 36.8 Å². The molecule has 1 amide bonds. The number of nitrogens with one attached hydrogen (secondary N) is 1. The van der Waals surface area contributed by atoms with E-state index in [0.29, 0.717) is 28.4 Å². The number of H-pyrrole nitrogens is 1. The predicted octanol–water partition coefficient (Wildman–Crippen LogP) is 3.35. The number of carbonyl (C=O) groups is 1. The Labute approximate surface area is 240 Å². The lowest BCUT2D eigenvalue weighted by molar-refractivity contribution is -0.136. The van der Waals surface area contributed by atoms with Gasteiger partial charge in [0, 0.05) is 55.6 Å². The highest BCUT2D eigenvalue weighted by atomic mass is 16.2. The Kier molecular flexibility index (Phi) is 6.05. The van der Waals surface area contributed by atoms with Crippen LogP contribution in [0.4, 0.5) is 11.8 Å². The zero-order valence-corrected chi connectivity index (χ0v) is 24.0. The van der Waals surface area contributed by atoms with E-state index in [0.717, 1.165) is 87.2 Å². The average molecular weight is 552 g/mol. The van der Waals surface area contributed by atoms with E-state index in [-0.39, 0.29) is 11.3 Å². The number of aromatic nitrogens is 4. The maximum Gasteiger partial charge on any atom is 0.245 e. The summed E-state index contributed by atoms with van der Waals surface area (Å²) in [4.78, 5) is 31.4. The maximum absolute atomic E-state index is 12.2. The molecule has 4 fully saturated rings. The van der Waals surface area contributed by atoms with Crippen molar-refractivity contribution in [3.05, 3.63) is 42.1 Å². The van der Waals surface area contributed by atoms with Crippen molar-refractivity contribution in [1.82, 2.24) is 30.0 Å². The monoisotopic (exact) mass is 551 g/mol. The fourth-order valence-electron chi connectivity index (χ4n) is 7.56. The van der Waals surface area contributed by atoms with Gasteiger partial charge in [0.2, 0.25) is 11.9 Å². The van der Waals surface area contributed by atoms with Crippen LogP contribution < -0.4 is 9.80 Å². The summed E-state index contributed by atoms with van der Waals surface area (Å²) in [6, 6.07) is 6.59. The molecule has 0 radical (unpaired) electrons. The van der Waals surface area contributed by atoms with Crippen LogP contribution in [0.15, 0.2) is 31.0 Å². The molecule has 2 aromatic heterocycles. The average Bonchev–Trinajstić information content (AvgIpc) is 3.72. The number of carbonyl (C=O) groups excluding carboxylic acids is 1. The number of fused-ring (bicyclic) bond motifs is 1. The minimum Gasteiger partial charge on any atom is -0.355 e. The molecule has 1 N–H and O–H groups in total. The fourth-order valence-corrected chi connectivity index (χ4v) is 7.56. The van der Waals surface area contributed by atoms with Crippen molar-refractivity contribution in [2.75, 3.05) is 69.2 Å². The van der Waals surface area contributed by atoms with Crippen molar-refractivity contribution in [3.8, 4) is 17.3 Å². The van der Waals surface area contributed by atoms with Crippen LogP contribution in [0, 0.1) is 29.1 Å². The normalized spacial score (nSPS) is 21.5. The highest BCUT2D eigenvalue weighted by molar-refractivity contribution is 5.97. The fraction of sp³-hybridized carbons (Fsp3) is 0.516. The van der Waals surface area contributed by atoms with E-state index in [2.05, 4.69) is 57.6 Å². The number of nitrogens with zero attached hydrogens (tertiary/aromatic N) is 8. The molecule has 10 heteroatoms. The molecule has 0 bridgehead atoms. The summed E-state index contributed by atoms with van der Waals surface area (Å²) in [5, 5.41) is 18.9. The van der Waals surface area contributed by atoms with Gasteiger partial charge < -0.3 is 19.6 Å². The summed E-state index contributed by atoms with van der Waals surface area (Å²) in [6.45, 7) is 12.8. The molecular weight excluding hydrogens is 514 g/mol. The van der Waals surface area contributed by atoms with Gasteiger partial charge in [-0.1, -0.05) is 12.6 Å². The molecule has 4 aliphatic rings. The number of hydrogen-bond acceptors (Lipinski definition) is 8. The summed E-state index contributed by atoms with van der Waals surface area (Å²) >= 11 is 0. The Hall–Kier alpha value is -3.97. The third-order valence-electron chi connectivity index (χ3n) is 10.1. The van der Waals surface area contributed by atoms with Gasteiger partial charge in [-0.3, -0.25) is 9.89 Å². The topological polar surface area (TPSA) is 108 Å². The quantitative estimate of drug-likeness (QED) is 0.492. The molecule has 4 aliphatic heterocycles. The van der Waals surface area contributed by atoms with Crippen LogP contribution >= 0.6 is 0 Å².